The van der Waals surface area contributed by atoms with E-state index in [1.807, 2.05) is 6.07 Å². The molecule has 3 rings (SSSR count). The Balaban J connectivity index is 0.000001000. The molecule has 1 aliphatic carbocycles. The molecule has 20 heavy (non-hydrogen) atoms. The van der Waals surface area contributed by atoms with E-state index in [1.165, 1.54) is 18.9 Å². The first-order chi connectivity index (χ1) is 8.74. The molecule has 1 saturated carbocycles. The van der Waals surface area contributed by atoms with Gasteiger partial charge < -0.3 is 5.32 Å². The van der Waals surface area contributed by atoms with Crippen molar-refractivity contribution in [3.05, 3.63) is 34.6 Å². The Labute approximate surface area is 136 Å². The average molecular weight is 342 g/mol. The Morgan fingerprint density at radius 3 is 2.35 bits per heavy atom. The topological polar surface area (TPSA) is 15.3 Å². The summed E-state index contributed by atoms with van der Waals surface area (Å²) in [5.41, 5.74) is 1.05. The van der Waals surface area contributed by atoms with Crippen LogP contribution in [0.2, 0.25) is 5.02 Å². The Bertz CT molecular complexity index is 414. The van der Waals surface area contributed by atoms with E-state index in [2.05, 4.69) is 10.2 Å². The summed E-state index contributed by atoms with van der Waals surface area (Å²) >= 11 is 5.99. The third kappa shape index (κ3) is 4.22. The molecule has 1 aromatic carbocycles. The summed E-state index contributed by atoms with van der Waals surface area (Å²) in [6, 6.07) is 5.31. The van der Waals surface area contributed by atoms with Gasteiger partial charge in [-0.1, -0.05) is 11.6 Å². The molecule has 1 N–H and O–H groups in total. The second-order valence-electron chi connectivity index (χ2n) is 5.27. The van der Waals surface area contributed by atoms with Crippen LogP contribution in [0.4, 0.5) is 4.39 Å². The van der Waals surface area contributed by atoms with Crippen LogP contribution in [-0.2, 0) is 0 Å². The fourth-order valence-corrected chi connectivity index (χ4v) is 3.13. The lowest BCUT2D eigenvalue weighted by atomic mass is 9.99. The first-order valence-electron chi connectivity index (χ1n) is 6.65. The van der Waals surface area contributed by atoms with Crippen LogP contribution in [-0.4, -0.2) is 31.1 Å². The molecule has 0 spiro atoms. The molecule has 1 aromatic rings. The number of halogens is 4. The lowest BCUT2D eigenvalue weighted by molar-refractivity contribution is 0.156. The summed E-state index contributed by atoms with van der Waals surface area (Å²) in [6.45, 7) is 4.11. The van der Waals surface area contributed by atoms with Crippen molar-refractivity contribution in [2.75, 3.05) is 26.2 Å². The molecule has 2 nitrogen and oxygen atoms in total. The fourth-order valence-electron chi connectivity index (χ4n) is 2.90. The van der Waals surface area contributed by atoms with Gasteiger partial charge in [0.2, 0.25) is 0 Å². The van der Waals surface area contributed by atoms with Crippen molar-refractivity contribution in [1.29, 1.82) is 0 Å². The number of hydrogen-bond acceptors (Lipinski definition) is 2. The molecule has 1 aliphatic heterocycles. The lowest BCUT2D eigenvalue weighted by Crippen LogP contribution is -2.45. The van der Waals surface area contributed by atoms with E-state index in [9.17, 15) is 4.39 Å². The average Bonchev–Trinajstić information content (AvgIpc) is 3.14. The van der Waals surface area contributed by atoms with Crippen molar-refractivity contribution < 1.29 is 4.39 Å². The summed E-state index contributed by atoms with van der Waals surface area (Å²) < 4.78 is 13.5. The predicted molar refractivity (Wildman–Crippen MR) is 85.8 cm³/mol. The number of piperazine rings is 1. The number of benzene rings is 1. The van der Waals surface area contributed by atoms with Crippen LogP contribution in [0.25, 0.3) is 0 Å². The maximum Gasteiger partial charge on any atom is 0.125 e. The number of nitrogens with zero attached hydrogens (tertiary/aromatic N) is 1. The minimum absolute atomic E-state index is 0. The molecule has 1 heterocycles. The van der Waals surface area contributed by atoms with Gasteiger partial charge in [0.05, 0.1) is 0 Å². The minimum atomic E-state index is -0.224. The molecule has 2 aliphatic rings. The highest BCUT2D eigenvalue weighted by Gasteiger charge is 2.36. The van der Waals surface area contributed by atoms with Crippen molar-refractivity contribution in [3.8, 4) is 0 Å². The second-order valence-corrected chi connectivity index (χ2v) is 5.71. The van der Waals surface area contributed by atoms with Gasteiger partial charge in [-0.05, 0) is 42.5 Å². The minimum Gasteiger partial charge on any atom is -0.314 e. The van der Waals surface area contributed by atoms with Gasteiger partial charge in [0.25, 0.3) is 0 Å². The highest BCUT2D eigenvalue weighted by Crippen LogP contribution is 2.45. The van der Waals surface area contributed by atoms with Crippen LogP contribution in [0.1, 0.15) is 24.4 Å². The van der Waals surface area contributed by atoms with Gasteiger partial charge in [-0.25, -0.2) is 4.39 Å². The van der Waals surface area contributed by atoms with Gasteiger partial charge >= 0.3 is 0 Å². The SMILES string of the molecule is Cl.Cl.Fc1cc(Cl)cc([C@H](C2CC2)N2CCNCC2)c1. The molecule has 0 amide bonds. The molecular formula is C14H20Cl3FN2. The number of hydrogen-bond donors (Lipinski definition) is 1. The van der Waals surface area contributed by atoms with E-state index in [-0.39, 0.29) is 30.6 Å². The highest BCUT2D eigenvalue weighted by atomic mass is 35.5. The van der Waals surface area contributed by atoms with Crippen molar-refractivity contribution >= 4 is 36.4 Å². The summed E-state index contributed by atoms with van der Waals surface area (Å²) in [7, 11) is 0. The maximum atomic E-state index is 13.5. The maximum absolute atomic E-state index is 13.5. The van der Waals surface area contributed by atoms with Gasteiger partial charge in [0.15, 0.2) is 0 Å². The monoisotopic (exact) mass is 340 g/mol. The van der Waals surface area contributed by atoms with Gasteiger partial charge in [-0.3, -0.25) is 4.90 Å². The molecule has 0 bridgehead atoms. The first-order valence-corrected chi connectivity index (χ1v) is 7.02. The summed E-state index contributed by atoms with van der Waals surface area (Å²) in [4.78, 5) is 2.47. The molecule has 0 aromatic heterocycles. The molecule has 2 fully saturated rings. The quantitative estimate of drug-likeness (QED) is 0.902. The Kier molecular flexibility index (Phi) is 7.02. The first kappa shape index (κ1) is 18.0. The largest absolute Gasteiger partial charge is 0.314 e. The van der Waals surface area contributed by atoms with E-state index in [1.54, 1.807) is 6.07 Å². The molecule has 6 heteroatoms. The van der Waals surface area contributed by atoms with Crippen LogP contribution in [0, 0.1) is 11.7 Å². The van der Waals surface area contributed by atoms with Gasteiger partial charge in [0, 0.05) is 37.2 Å². The zero-order chi connectivity index (χ0) is 12.5. The van der Waals surface area contributed by atoms with Crippen LogP contribution in [0.3, 0.4) is 0 Å². The van der Waals surface area contributed by atoms with Crippen molar-refractivity contribution in [2.45, 2.75) is 18.9 Å². The van der Waals surface area contributed by atoms with Gasteiger partial charge in [0.1, 0.15) is 5.82 Å². The Morgan fingerprint density at radius 1 is 1.15 bits per heavy atom. The smallest absolute Gasteiger partial charge is 0.125 e. The van der Waals surface area contributed by atoms with E-state index in [0.29, 0.717) is 17.0 Å². The predicted octanol–water partition coefficient (Wildman–Crippen LogP) is 3.68. The van der Waals surface area contributed by atoms with Gasteiger partial charge in [-0.15, -0.1) is 24.8 Å². The number of nitrogens with one attached hydrogen (secondary N) is 1. The molecule has 1 saturated heterocycles. The summed E-state index contributed by atoms with van der Waals surface area (Å²) in [5.74, 6) is 0.458. The van der Waals surface area contributed by atoms with Crippen LogP contribution in [0.15, 0.2) is 18.2 Å². The lowest BCUT2D eigenvalue weighted by Gasteiger charge is -2.35. The standard InChI is InChI=1S/C14H18ClFN2.2ClH/c15-12-7-11(8-13(16)9-12)14(10-1-2-10)18-5-3-17-4-6-18;;/h7-10,14,17H,1-6H2;2*1H/t14-;;/m0../s1. The van der Waals surface area contributed by atoms with E-state index >= 15 is 0 Å². The van der Waals surface area contributed by atoms with Crippen LogP contribution in [0.5, 0.6) is 0 Å². The third-order valence-corrected chi connectivity index (χ3v) is 4.06. The molecular weight excluding hydrogens is 322 g/mol. The molecule has 0 unspecified atom stereocenters. The van der Waals surface area contributed by atoms with Crippen molar-refractivity contribution in [2.24, 2.45) is 5.92 Å². The Hall–Kier alpha value is -0.0600. The van der Waals surface area contributed by atoms with E-state index in [4.69, 9.17) is 11.6 Å². The molecule has 114 valence electrons. The van der Waals surface area contributed by atoms with Crippen molar-refractivity contribution in [1.82, 2.24) is 10.2 Å². The zero-order valence-electron chi connectivity index (χ0n) is 11.1. The van der Waals surface area contributed by atoms with Crippen LogP contribution >= 0.6 is 36.4 Å². The fraction of sp³-hybridized carbons (Fsp3) is 0.571. The Morgan fingerprint density at radius 2 is 1.80 bits per heavy atom. The van der Waals surface area contributed by atoms with Crippen molar-refractivity contribution in [3.63, 3.8) is 0 Å². The van der Waals surface area contributed by atoms with Gasteiger partial charge in [-0.2, -0.15) is 0 Å². The second kappa shape index (κ2) is 7.81. The highest BCUT2D eigenvalue weighted by molar-refractivity contribution is 6.30. The van der Waals surface area contributed by atoms with Crippen LogP contribution < -0.4 is 5.32 Å². The summed E-state index contributed by atoms with van der Waals surface area (Å²) in [5, 5.41) is 3.87. The van der Waals surface area contributed by atoms with E-state index in [0.717, 1.165) is 31.7 Å². The van der Waals surface area contributed by atoms with E-state index < -0.39 is 0 Å². The third-order valence-electron chi connectivity index (χ3n) is 3.84. The number of rotatable bonds is 3. The summed E-state index contributed by atoms with van der Waals surface area (Å²) in [6.07, 6.45) is 2.51. The molecule has 0 radical (unpaired) electrons. The normalized spacial score (nSPS) is 20.7. The molecule has 1 atom stereocenters. The zero-order valence-corrected chi connectivity index (χ0v) is 13.5.